The minimum absolute atomic E-state index is 0.00164. The summed E-state index contributed by atoms with van der Waals surface area (Å²) in [5.74, 6) is 0. The van der Waals surface area contributed by atoms with Crippen LogP contribution in [0.4, 0.5) is 4.79 Å². The number of ether oxygens (including phenoxy) is 2. The standard InChI is InChI=1S/C13H16BrNO5S/c1-13(2,3)20-12(16)15(11-8-19-11)21(17,18)10-6-4-5-9(14)7-10/h4-7,11H,8H2,1-3H3/t11-/m0/s1. The molecule has 1 saturated heterocycles. The summed E-state index contributed by atoms with van der Waals surface area (Å²) in [5, 5.41) is 0. The van der Waals surface area contributed by atoms with E-state index in [1.54, 1.807) is 32.9 Å². The Morgan fingerprint density at radius 2 is 2.05 bits per heavy atom. The normalized spacial score (nSPS) is 18.2. The smallest absolute Gasteiger partial charge is 0.426 e. The molecule has 8 heteroatoms. The molecule has 1 aromatic carbocycles. The molecule has 1 aliphatic heterocycles. The summed E-state index contributed by atoms with van der Waals surface area (Å²) in [6.07, 6.45) is -1.74. The topological polar surface area (TPSA) is 76.2 Å². The molecule has 0 N–H and O–H groups in total. The van der Waals surface area contributed by atoms with Crippen LogP contribution in [0.15, 0.2) is 33.6 Å². The van der Waals surface area contributed by atoms with Gasteiger partial charge >= 0.3 is 6.09 Å². The molecule has 1 fully saturated rings. The predicted molar refractivity (Wildman–Crippen MR) is 79.1 cm³/mol. The second-order valence-corrected chi connectivity index (χ2v) is 8.26. The highest BCUT2D eigenvalue weighted by atomic mass is 79.9. The van der Waals surface area contributed by atoms with Crippen molar-refractivity contribution in [3.05, 3.63) is 28.7 Å². The van der Waals surface area contributed by atoms with Crippen molar-refractivity contribution in [3.8, 4) is 0 Å². The van der Waals surface area contributed by atoms with Crippen LogP contribution in [0.2, 0.25) is 0 Å². The molecule has 2 rings (SSSR count). The highest BCUT2D eigenvalue weighted by Gasteiger charge is 2.45. The number of hydrogen-bond donors (Lipinski definition) is 0. The summed E-state index contributed by atoms with van der Waals surface area (Å²) >= 11 is 3.21. The van der Waals surface area contributed by atoms with Gasteiger partial charge in [0, 0.05) is 4.47 Å². The van der Waals surface area contributed by atoms with Crippen molar-refractivity contribution in [1.82, 2.24) is 4.31 Å². The summed E-state index contributed by atoms with van der Waals surface area (Å²) in [7, 11) is -4.03. The summed E-state index contributed by atoms with van der Waals surface area (Å²) in [6, 6.07) is 6.12. The van der Waals surface area contributed by atoms with Crippen molar-refractivity contribution >= 4 is 32.0 Å². The Morgan fingerprint density at radius 1 is 1.43 bits per heavy atom. The van der Waals surface area contributed by atoms with E-state index in [4.69, 9.17) is 9.47 Å². The first-order valence-corrected chi connectivity index (χ1v) is 8.49. The van der Waals surface area contributed by atoms with Gasteiger partial charge in [-0.25, -0.2) is 13.2 Å². The third-order valence-electron chi connectivity index (χ3n) is 2.50. The molecule has 116 valence electrons. The fraction of sp³-hybridized carbons (Fsp3) is 0.462. The highest BCUT2D eigenvalue weighted by Crippen LogP contribution is 2.28. The molecular weight excluding hydrogens is 362 g/mol. The maximum atomic E-state index is 12.6. The van der Waals surface area contributed by atoms with Gasteiger partial charge in [-0.3, -0.25) is 0 Å². The molecule has 1 heterocycles. The van der Waals surface area contributed by atoms with Crippen molar-refractivity contribution in [2.75, 3.05) is 6.61 Å². The molecule has 0 radical (unpaired) electrons. The quantitative estimate of drug-likeness (QED) is 0.756. The first kappa shape index (κ1) is 16.3. The van der Waals surface area contributed by atoms with Gasteiger partial charge in [-0.05, 0) is 39.0 Å². The van der Waals surface area contributed by atoms with Crippen LogP contribution in [0, 0.1) is 0 Å². The van der Waals surface area contributed by atoms with Gasteiger partial charge in [-0.1, -0.05) is 22.0 Å². The summed E-state index contributed by atoms with van der Waals surface area (Å²) in [4.78, 5) is 12.2. The van der Waals surface area contributed by atoms with Gasteiger partial charge in [0.05, 0.1) is 11.5 Å². The van der Waals surface area contributed by atoms with E-state index in [0.29, 0.717) is 8.78 Å². The van der Waals surface area contributed by atoms with Crippen LogP contribution in [0.5, 0.6) is 0 Å². The predicted octanol–water partition coefficient (Wildman–Crippen LogP) is 2.73. The van der Waals surface area contributed by atoms with Crippen molar-refractivity contribution in [2.24, 2.45) is 0 Å². The zero-order chi connectivity index (χ0) is 15.8. The molecule has 1 aliphatic rings. The average molecular weight is 378 g/mol. The van der Waals surface area contributed by atoms with Gasteiger partial charge in [-0.15, -0.1) is 0 Å². The number of rotatable bonds is 3. The van der Waals surface area contributed by atoms with E-state index in [0.717, 1.165) is 0 Å². The first-order valence-electron chi connectivity index (χ1n) is 6.26. The van der Waals surface area contributed by atoms with Crippen LogP contribution in [0.1, 0.15) is 20.8 Å². The number of amides is 1. The molecular formula is C13H16BrNO5S. The van der Waals surface area contributed by atoms with E-state index in [9.17, 15) is 13.2 Å². The Bertz CT molecular complexity index is 649. The second-order valence-electron chi connectivity index (χ2n) is 5.53. The number of nitrogens with zero attached hydrogens (tertiary/aromatic N) is 1. The third-order valence-corrected chi connectivity index (χ3v) is 4.75. The van der Waals surface area contributed by atoms with Gasteiger partial charge in [0.25, 0.3) is 10.0 Å². The van der Waals surface area contributed by atoms with Crippen molar-refractivity contribution < 1.29 is 22.7 Å². The second kappa shape index (κ2) is 5.58. The number of carbonyl (C=O) groups excluding carboxylic acids is 1. The molecule has 0 saturated carbocycles. The average Bonchev–Trinajstić information content (AvgIpc) is 3.10. The zero-order valence-corrected chi connectivity index (χ0v) is 14.3. The van der Waals surface area contributed by atoms with Crippen LogP contribution in [-0.2, 0) is 19.5 Å². The fourth-order valence-corrected chi connectivity index (χ4v) is 3.57. The lowest BCUT2D eigenvalue weighted by Gasteiger charge is -2.25. The van der Waals surface area contributed by atoms with Crippen LogP contribution in [-0.4, -0.2) is 37.3 Å². The molecule has 0 bridgehead atoms. The maximum absolute atomic E-state index is 12.6. The zero-order valence-electron chi connectivity index (χ0n) is 11.9. The molecule has 0 aliphatic carbocycles. The molecule has 0 unspecified atom stereocenters. The summed E-state index contributed by atoms with van der Waals surface area (Å²) in [6.45, 7) is 5.18. The summed E-state index contributed by atoms with van der Waals surface area (Å²) < 4.78 is 36.6. The Labute approximate surface area is 132 Å². The number of halogens is 1. The molecule has 1 amide bonds. The van der Waals surface area contributed by atoms with Crippen LogP contribution in [0.3, 0.4) is 0 Å². The first-order chi connectivity index (χ1) is 9.61. The van der Waals surface area contributed by atoms with Crippen LogP contribution in [0.25, 0.3) is 0 Å². The Kier molecular flexibility index (Phi) is 4.32. The monoisotopic (exact) mass is 377 g/mol. The highest BCUT2D eigenvalue weighted by molar-refractivity contribution is 9.10. The lowest BCUT2D eigenvalue weighted by Crippen LogP contribution is -2.42. The largest absolute Gasteiger partial charge is 0.443 e. The lowest BCUT2D eigenvalue weighted by atomic mass is 10.2. The van der Waals surface area contributed by atoms with Crippen LogP contribution >= 0.6 is 15.9 Å². The molecule has 6 nitrogen and oxygen atoms in total. The Balaban J connectivity index is 2.36. The number of sulfonamides is 1. The molecule has 1 atom stereocenters. The minimum atomic E-state index is -4.03. The number of carbonyl (C=O) groups is 1. The number of benzene rings is 1. The van der Waals surface area contributed by atoms with Crippen molar-refractivity contribution in [3.63, 3.8) is 0 Å². The molecule has 1 aromatic rings. The van der Waals surface area contributed by atoms with Crippen molar-refractivity contribution in [2.45, 2.75) is 37.5 Å². The van der Waals surface area contributed by atoms with E-state index in [1.165, 1.54) is 12.1 Å². The van der Waals surface area contributed by atoms with Gasteiger partial charge in [0.1, 0.15) is 5.60 Å². The minimum Gasteiger partial charge on any atom is -0.443 e. The van der Waals surface area contributed by atoms with E-state index in [1.807, 2.05) is 0 Å². The number of epoxide rings is 1. The van der Waals surface area contributed by atoms with E-state index in [2.05, 4.69) is 15.9 Å². The van der Waals surface area contributed by atoms with Crippen LogP contribution < -0.4 is 0 Å². The molecule has 21 heavy (non-hydrogen) atoms. The summed E-state index contributed by atoms with van der Waals surface area (Å²) in [5.41, 5.74) is -0.795. The Hall–Kier alpha value is -1.12. The third kappa shape index (κ3) is 3.96. The van der Waals surface area contributed by atoms with E-state index < -0.39 is 27.9 Å². The Morgan fingerprint density at radius 3 is 2.52 bits per heavy atom. The van der Waals surface area contributed by atoms with Gasteiger partial charge in [0.15, 0.2) is 6.23 Å². The van der Waals surface area contributed by atoms with Crippen molar-refractivity contribution in [1.29, 1.82) is 0 Å². The number of hydrogen-bond acceptors (Lipinski definition) is 5. The maximum Gasteiger partial charge on any atom is 0.426 e. The van der Waals surface area contributed by atoms with Gasteiger partial charge in [-0.2, -0.15) is 4.31 Å². The van der Waals surface area contributed by atoms with E-state index >= 15 is 0 Å². The van der Waals surface area contributed by atoms with Gasteiger partial charge in [0.2, 0.25) is 0 Å². The lowest BCUT2D eigenvalue weighted by molar-refractivity contribution is 0.0336. The SMILES string of the molecule is CC(C)(C)OC(=O)N([C@@H]1CO1)S(=O)(=O)c1cccc(Br)c1. The van der Waals surface area contributed by atoms with E-state index in [-0.39, 0.29) is 11.5 Å². The molecule has 0 spiro atoms. The molecule has 0 aromatic heterocycles. The van der Waals surface area contributed by atoms with Gasteiger partial charge < -0.3 is 9.47 Å². The fourth-order valence-electron chi connectivity index (χ4n) is 1.60.